The van der Waals surface area contributed by atoms with Crippen LogP contribution in [0.3, 0.4) is 0 Å². The minimum absolute atomic E-state index is 0.806. The maximum absolute atomic E-state index is 10.5. The Morgan fingerprint density at radius 2 is 1.69 bits per heavy atom. The molecule has 0 aliphatic carbocycles. The van der Waals surface area contributed by atoms with Gasteiger partial charge >= 0.3 is 5.97 Å². The van der Waals surface area contributed by atoms with Crippen molar-refractivity contribution in [2.24, 2.45) is 0 Å². The Morgan fingerprint density at radius 1 is 1.15 bits per heavy atom. The Kier molecular flexibility index (Phi) is 2.87. The van der Waals surface area contributed by atoms with E-state index in [1.165, 1.54) is 6.92 Å². The molecule has 0 aromatic carbocycles. The average Bonchev–Trinajstić information content (AvgIpc) is 2.07. The van der Waals surface area contributed by atoms with E-state index in [1.54, 1.807) is 0 Å². The van der Waals surface area contributed by atoms with Crippen LogP contribution in [0.1, 0.15) is 6.92 Å². The van der Waals surface area contributed by atoms with Crippen molar-refractivity contribution >= 4 is 5.97 Å². The molecule has 0 bridgehead atoms. The molecular formula is C7H12O6. The molecule has 1 rings (SSSR count). The van der Waals surface area contributed by atoms with E-state index in [2.05, 4.69) is 0 Å². The molecule has 0 spiro atoms. The first-order valence-corrected chi connectivity index (χ1v) is 3.87. The van der Waals surface area contributed by atoms with Gasteiger partial charge in [0.25, 0.3) is 0 Å². The van der Waals surface area contributed by atoms with Crippen molar-refractivity contribution < 1.29 is 30.0 Å². The average molecular weight is 192 g/mol. The predicted octanol–water partition coefficient (Wildman–Crippen LogP) is -2.06. The number of carbonyl (C=O) groups is 1. The molecule has 1 unspecified atom stereocenters. The lowest BCUT2D eigenvalue weighted by Gasteiger charge is -2.37. The maximum atomic E-state index is 10.5. The summed E-state index contributed by atoms with van der Waals surface area (Å²) in [6.07, 6.45) is -6.62. The molecule has 1 saturated heterocycles. The number of carboxylic acids is 1. The zero-order valence-electron chi connectivity index (χ0n) is 6.99. The summed E-state index contributed by atoms with van der Waals surface area (Å²) in [5.74, 6) is -1.36. The molecule has 6 nitrogen and oxygen atoms in total. The summed E-state index contributed by atoms with van der Waals surface area (Å²) in [4.78, 5) is 10.5. The van der Waals surface area contributed by atoms with Crippen molar-refractivity contribution in [1.82, 2.24) is 0 Å². The fourth-order valence-corrected chi connectivity index (χ4v) is 1.26. The van der Waals surface area contributed by atoms with Crippen LogP contribution in [0.5, 0.6) is 0 Å². The molecule has 0 amide bonds. The topological polar surface area (TPSA) is 107 Å². The number of hydrogen-bond acceptors (Lipinski definition) is 5. The Bertz CT molecular complexity index is 205. The maximum Gasteiger partial charge on any atom is 0.335 e. The SMILES string of the molecule is C[C@H]1OC(C(=O)O)[C@H](O)[C@@H](O)[C@@H]1O. The van der Waals surface area contributed by atoms with E-state index in [0.29, 0.717) is 0 Å². The first-order valence-electron chi connectivity index (χ1n) is 3.87. The van der Waals surface area contributed by atoms with Crippen LogP contribution in [0.4, 0.5) is 0 Å². The number of carboxylic acid groups (broad SMARTS) is 1. The zero-order chi connectivity index (χ0) is 10.2. The summed E-state index contributed by atoms with van der Waals surface area (Å²) < 4.78 is 4.78. The minimum Gasteiger partial charge on any atom is -0.479 e. The molecule has 76 valence electrons. The van der Waals surface area contributed by atoms with Crippen LogP contribution in [0.2, 0.25) is 0 Å². The van der Waals surface area contributed by atoms with Crippen molar-refractivity contribution in [2.75, 3.05) is 0 Å². The third-order valence-corrected chi connectivity index (χ3v) is 2.10. The number of ether oxygens (including phenoxy) is 1. The fourth-order valence-electron chi connectivity index (χ4n) is 1.26. The highest BCUT2D eigenvalue weighted by Gasteiger charge is 2.44. The second kappa shape index (κ2) is 3.59. The van der Waals surface area contributed by atoms with Gasteiger partial charge in [-0.3, -0.25) is 0 Å². The quantitative estimate of drug-likeness (QED) is 0.380. The van der Waals surface area contributed by atoms with Gasteiger partial charge in [0.05, 0.1) is 6.10 Å². The highest BCUT2D eigenvalue weighted by atomic mass is 16.6. The van der Waals surface area contributed by atoms with Gasteiger partial charge in [-0.05, 0) is 6.92 Å². The van der Waals surface area contributed by atoms with Crippen molar-refractivity contribution in [3.8, 4) is 0 Å². The smallest absolute Gasteiger partial charge is 0.335 e. The molecule has 0 aromatic heterocycles. The molecule has 0 radical (unpaired) electrons. The van der Waals surface area contributed by atoms with Crippen LogP contribution in [0, 0.1) is 0 Å². The standard InChI is InChI=1S/C7H12O6/c1-2-3(8)4(9)5(10)6(13-2)7(11)12/h2-6,8-10H,1H3,(H,11,12)/t2-,3-,4+,5-,6?/m1/s1. The lowest BCUT2D eigenvalue weighted by molar-refractivity contribution is -0.223. The van der Waals surface area contributed by atoms with Gasteiger partial charge in [0.15, 0.2) is 6.10 Å². The second-order valence-electron chi connectivity index (χ2n) is 3.07. The molecule has 0 aromatic rings. The van der Waals surface area contributed by atoms with E-state index in [9.17, 15) is 20.1 Å². The molecule has 0 saturated carbocycles. The Morgan fingerprint density at radius 3 is 2.15 bits per heavy atom. The highest BCUT2D eigenvalue weighted by Crippen LogP contribution is 2.20. The van der Waals surface area contributed by atoms with Gasteiger partial charge in [-0.25, -0.2) is 4.79 Å². The van der Waals surface area contributed by atoms with E-state index < -0.39 is 36.5 Å². The lowest BCUT2D eigenvalue weighted by Crippen LogP contribution is -2.58. The summed E-state index contributed by atoms with van der Waals surface area (Å²) in [5, 5.41) is 36.1. The van der Waals surface area contributed by atoms with Crippen LogP contribution in [-0.2, 0) is 9.53 Å². The van der Waals surface area contributed by atoms with Crippen LogP contribution in [0.15, 0.2) is 0 Å². The summed E-state index contributed by atoms with van der Waals surface area (Å²) >= 11 is 0. The Labute approximate surface area is 74.4 Å². The van der Waals surface area contributed by atoms with Gasteiger partial charge in [0, 0.05) is 0 Å². The number of hydrogen-bond donors (Lipinski definition) is 4. The molecule has 5 atom stereocenters. The summed E-state index contributed by atoms with van der Waals surface area (Å²) in [7, 11) is 0. The van der Waals surface area contributed by atoms with Crippen LogP contribution < -0.4 is 0 Å². The Hall–Kier alpha value is -0.690. The first kappa shape index (κ1) is 10.4. The van der Waals surface area contributed by atoms with Crippen LogP contribution >= 0.6 is 0 Å². The third kappa shape index (κ3) is 1.80. The number of aliphatic hydroxyl groups is 3. The molecule has 1 heterocycles. The largest absolute Gasteiger partial charge is 0.479 e. The number of rotatable bonds is 1. The summed E-state index contributed by atoms with van der Waals surface area (Å²) in [6.45, 7) is 1.43. The number of aliphatic carboxylic acids is 1. The van der Waals surface area contributed by atoms with E-state index in [-0.39, 0.29) is 0 Å². The van der Waals surface area contributed by atoms with Gasteiger partial charge in [-0.1, -0.05) is 0 Å². The van der Waals surface area contributed by atoms with Gasteiger partial charge in [-0.15, -0.1) is 0 Å². The normalized spacial score (nSPS) is 46.0. The van der Waals surface area contributed by atoms with Crippen molar-refractivity contribution in [1.29, 1.82) is 0 Å². The third-order valence-electron chi connectivity index (χ3n) is 2.10. The summed E-state index contributed by atoms with van der Waals surface area (Å²) in [5.41, 5.74) is 0. The van der Waals surface area contributed by atoms with Crippen molar-refractivity contribution in [3.63, 3.8) is 0 Å². The van der Waals surface area contributed by atoms with Crippen molar-refractivity contribution in [2.45, 2.75) is 37.4 Å². The van der Waals surface area contributed by atoms with E-state index in [0.717, 1.165) is 0 Å². The minimum atomic E-state index is -1.59. The predicted molar refractivity (Wildman–Crippen MR) is 40.0 cm³/mol. The molecule has 1 aliphatic rings. The van der Waals surface area contributed by atoms with E-state index >= 15 is 0 Å². The van der Waals surface area contributed by atoms with Crippen LogP contribution in [-0.4, -0.2) is 56.9 Å². The van der Waals surface area contributed by atoms with E-state index in [1.807, 2.05) is 0 Å². The molecule has 13 heavy (non-hydrogen) atoms. The Balaban J connectivity index is 2.76. The molecule has 1 fully saturated rings. The monoisotopic (exact) mass is 192 g/mol. The van der Waals surface area contributed by atoms with E-state index in [4.69, 9.17) is 9.84 Å². The van der Waals surface area contributed by atoms with Crippen LogP contribution in [0.25, 0.3) is 0 Å². The lowest BCUT2D eigenvalue weighted by atomic mass is 9.96. The van der Waals surface area contributed by atoms with Gasteiger partial charge in [0.2, 0.25) is 0 Å². The zero-order valence-corrected chi connectivity index (χ0v) is 6.99. The van der Waals surface area contributed by atoms with Gasteiger partial charge in [-0.2, -0.15) is 0 Å². The molecule has 4 N–H and O–H groups in total. The van der Waals surface area contributed by atoms with Gasteiger partial charge < -0.3 is 25.2 Å². The molecule has 6 heteroatoms. The van der Waals surface area contributed by atoms with Crippen molar-refractivity contribution in [3.05, 3.63) is 0 Å². The second-order valence-corrected chi connectivity index (χ2v) is 3.07. The molecule has 1 aliphatic heterocycles. The van der Waals surface area contributed by atoms with Gasteiger partial charge in [0.1, 0.15) is 18.3 Å². The number of aliphatic hydroxyl groups excluding tert-OH is 3. The first-order chi connectivity index (χ1) is 5.95. The highest BCUT2D eigenvalue weighted by molar-refractivity contribution is 5.73. The fraction of sp³-hybridized carbons (Fsp3) is 0.857. The summed E-state index contributed by atoms with van der Waals surface area (Å²) in [6, 6.07) is 0. The molecular weight excluding hydrogens is 180 g/mol.